The summed E-state index contributed by atoms with van der Waals surface area (Å²) < 4.78 is 0. The van der Waals surface area contributed by atoms with E-state index in [0.717, 1.165) is 16.7 Å². The Bertz CT molecular complexity index is 548. The number of nitrogens with one attached hydrogen (secondary N) is 1. The number of carbonyl (C=O) groups excluding carboxylic acids is 2. The highest BCUT2D eigenvalue weighted by Gasteiger charge is 2.54. The van der Waals surface area contributed by atoms with Crippen molar-refractivity contribution in [2.75, 3.05) is 11.6 Å². The molecule has 108 valence electrons. The number of carboxylic acid groups (broad SMARTS) is 2. The van der Waals surface area contributed by atoms with E-state index in [1.807, 2.05) is 0 Å². The summed E-state index contributed by atoms with van der Waals surface area (Å²) in [5.74, 6) is -4.44. The number of hydrogen-bond donors (Lipinski definition) is 3. The minimum Gasteiger partial charge on any atom is -0.478 e. The summed E-state index contributed by atoms with van der Waals surface area (Å²) in [6, 6.07) is -0.879. The van der Waals surface area contributed by atoms with Crippen molar-refractivity contribution in [2.45, 2.75) is 11.4 Å². The first kappa shape index (κ1) is 14.7. The summed E-state index contributed by atoms with van der Waals surface area (Å²) in [4.78, 5) is 46.1. The summed E-state index contributed by atoms with van der Waals surface area (Å²) in [5.41, 5.74) is -0.878. The van der Waals surface area contributed by atoms with Gasteiger partial charge in [-0.3, -0.25) is 14.5 Å². The van der Waals surface area contributed by atoms with Gasteiger partial charge in [-0.25, -0.2) is 9.59 Å². The lowest BCUT2D eigenvalue weighted by Crippen LogP contribution is -2.70. The summed E-state index contributed by atoms with van der Waals surface area (Å²) in [5, 5.41) is 19.8. The van der Waals surface area contributed by atoms with Crippen LogP contribution >= 0.6 is 23.4 Å². The number of β-lactam (4-membered cyclic amide) rings is 1. The van der Waals surface area contributed by atoms with Gasteiger partial charge in [0.05, 0.1) is 5.57 Å². The molecule has 0 saturated carbocycles. The Morgan fingerprint density at radius 3 is 2.50 bits per heavy atom. The van der Waals surface area contributed by atoms with Crippen molar-refractivity contribution in [1.29, 1.82) is 0 Å². The van der Waals surface area contributed by atoms with Gasteiger partial charge in [-0.1, -0.05) is 0 Å². The zero-order valence-electron chi connectivity index (χ0n) is 9.83. The highest BCUT2D eigenvalue weighted by Crippen LogP contribution is 2.40. The summed E-state index contributed by atoms with van der Waals surface area (Å²) >= 11 is 6.40. The molecule has 0 aromatic carbocycles. The molecule has 0 aromatic heterocycles. The molecule has 2 aliphatic heterocycles. The second-order valence-corrected chi connectivity index (χ2v) is 5.40. The minimum absolute atomic E-state index is 0.0569. The maximum atomic E-state index is 11.9. The van der Waals surface area contributed by atoms with E-state index in [0.29, 0.717) is 0 Å². The first-order chi connectivity index (χ1) is 9.38. The molecule has 2 heterocycles. The second-order valence-electron chi connectivity index (χ2n) is 4.03. The van der Waals surface area contributed by atoms with Gasteiger partial charge < -0.3 is 15.5 Å². The Hall–Kier alpha value is -1.74. The molecule has 0 aliphatic carbocycles. The molecular weight excluding hydrogens is 312 g/mol. The van der Waals surface area contributed by atoms with E-state index < -0.39 is 40.9 Å². The van der Waals surface area contributed by atoms with Crippen LogP contribution in [0.25, 0.3) is 0 Å². The first-order valence-corrected chi connectivity index (χ1v) is 6.96. The zero-order valence-corrected chi connectivity index (χ0v) is 11.4. The maximum absolute atomic E-state index is 11.9. The molecule has 0 aromatic rings. The number of thioether (sulfide) groups is 1. The van der Waals surface area contributed by atoms with E-state index in [2.05, 4.69) is 5.32 Å². The molecule has 20 heavy (non-hydrogen) atoms. The smallest absolute Gasteiger partial charge is 0.353 e. The van der Waals surface area contributed by atoms with Crippen LogP contribution in [0.1, 0.15) is 0 Å². The molecule has 2 atom stereocenters. The number of carbonyl (C=O) groups is 4. The van der Waals surface area contributed by atoms with Crippen LogP contribution in [0.2, 0.25) is 0 Å². The van der Waals surface area contributed by atoms with Crippen molar-refractivity contribution in [1.82, 2.24) is 10.2 Å². The van der Waals surface area contributed by atoms with Crippen molar-refractivity contribution < 1.29 is 29.4 Å². The lowest BCUT2D eigenvalue weighted by molar-refractivity contribution is -0.151. The maximum Gasteiger partial charge on any atom is 0.353 e. The van der Waals surface area contributed by atoms with E-state index in [1.54, 1.807) is 0 Å². The van der Waals surface area contributed by atoms with Crippen LogP contribution in [0.3, 0.4) is 0 Å². The van der Waals surface area contributed by atoms with E-state index in [-0.39, 0.29) is 17.2 Å². The molecule has 2 rings (SSSR count). The van der Waals surface area contributed by atoms with Crippen molar-refractivity contribution in [2.24, 2.45) is 0 Å². The fourth-order valence-corrected chi connectivity index (χ4v) is 3.41. The fourth-order valence-electron chi connectivity index (χ4n) is 2.00. The summed E-state index contributed by atoms with van der Waals surface area (Å²) in [6.07, 6.45) is 0. The van der Waals surface area contributed by atoms with Gasteiger partial charge in [0.2, 0.25) is 5.91 Å². The topological polar surface area (TPSA) is 124 Å². The Kier molecular flexibility index (Phi) is 3.91. The minimum atomic E-state index is -1.48. The number of aliphatic carboxylic acids is 2. The number of carboxylic acids is 2. The predicted octanol–water partition coefficient (Wildman–Crippen LogP) is -0.952. The van der Waals surface area contributed by atoms with Crippen molar-refractivity contribution >= 4 is 47.1 Å². The highest BCUT2D eigenvalue weighted by atomic mass is 35.5. The number of nitrogens with zero attached hydrogens (tertiary/aromatic N) is 1. The molecule has 0 radical (unpaired) electrons. The quantitative estimate of drug-likeness (QED) is 0.450. The average molecular weight is 321 g/mol. The Labute approximate surface area is 121 Å². The van der Waals surface area contributed by atoms with Crippen LogP contribution < -0.4 is 5.32 Å². The second kappa shape index (κ2) is 5.33. The lowest BCUT2D eigenvalue weighted by Gasteiger charge is -2.48. The van der Waals surface area contributed by atoms with E-state index in [9.17, 15) is 19.2 Å². The van der Waals surface area contributed by atoms with Crippen LogP contribution in [0.15, 0.2) is 11.3 Å². The Balaban J connectivity index is 2.28. The van der Waals surface area contributed by atoms with E-state index in [4.69, 9.17) is 21.8 Å². The number of hydrogen-bond acceptors (Lipinski definition) is 5. The van der Waals surface area contributed by atoms with Gasteiger partial charge in [0.15, 0.2) is 0 Å². The van der Waals surface area contributed by atoms with E-state index in [1.165, 1.54) is 0 Å². The third kappa shape index (κ3) is 2.22. The van der Waals surface area contributed by atoms with Gasteiger partial charge in [0, 0.05) is 5.75 Å². The largest absolute Gasteiger partial charge is 0.478 e. The molecule has 1 fully saturated rings. The molecule has 0 spiro atoms. The van der Waals surface area contributed by atoms with Crippen molar-refractivity contribution in [3.8, 4) is 0 Å². The molecule has 10 heteroatoms. The van der Waals surface area contributed by atoms with Gasteiger partial charge in [-0.15, -0.1) is 23.4 Å². The molecule has 8 nitrogen and oxygen atoms in total. The number of rotatable bonds is 4. The standard InChI is InChI=1S/C10H9ClN2O6S/c11-1-4(14)12-5-7(15)13-6(10(18)19)3(9(16)17)2-20-8(5)13/h5,8H,1-2H2,(H,12,14)(H,16,17)(H,18,19)/t5?,8-/m0/s1. The SMILES string of the molecule is O=C(CCl)NC1C(=O)N2C(C(=O)O)=C(C(=O)O)CS[C@@H]12. The predicted molar refractivity (Wildman–Crippen MR) is 68.0 cm³/mol. The molecule has 2 amide bonds. The molecule has 2 aliphatic rings. The Morgan fingerprint density at radius 1 is 1.35 bits per heavy atom. The Morgan fingerprint density at radius 2 is 2.00 bits per heavy atom. The monoisotopic (exact) mass is 320 g/mol. The number of alkyl halides is 1. The normalized spacial score (nSPS) is 24.9. The number of fused-ring (bicyclic) bond motifs is 1. The van der Waals surface area contributed by atoms with Crippen LogP contribution in [0.4, 0.5) is 0 Å². The third-order valence-electron chi connectivity index (χ3n) is 2.87. The third-order valence-corrected chi connectivity index (χ3v) is 4.39. The molecular formula is C10H9ClN2O6S. The van der Waals surface area contributed by atoms with Crippen LogP contribution in [-0.2, 0) is 19.2 Å². The molecule has 1 unspecified atom stereocenters. The van der Waals surface area contributed by atoms with Crippen molar-refractivity contribution in [3.63, 3.8) is 0 Å². The average Bonchev–Trinajstić information content (AvgIpc) is 2.42. The van der Waals surface area contributed by atoms with E-state index >= 15 is 0 Å². The first-order valence-electron chi connectivity index (χ1n) is 5.38. The molecule has 1 saturated heterocycles. The number of halogens is 1. The van der Waals surface area contributed by atoms with Gasteiger partial charge in [-0.2, -0.15) is 0 Å². The lowest BCUT2D eigenvalue weighted by atomic mass is 10.0. The molecule has 3 N–H and O–H groups in total. The zero-order chi connectivity index (χ0) is 15.0. The van der Waals surface area contributed by atoms with Crippen molar-refractivity contribution in [3.05, 3.63) is 11.3 Å². The van der Waals surface area contributed by atoms with Gasteiger partial charge >= 0.3 is 11.9 Å². The van der Waals surface area contributed by atoms with Gasteiger partial charge in [-0.05, 0) is 0 Å². The molecule has 0 bridgehead atoms. The van der Waals surface area contributed by atoms with Crippen LogP contribution in [0.5, 0.6) is 0 Å². The van der Waals surface area contributed by atoms with Crippen LogP contribution in [-0.4, -0.2) is 61.9 Å². The highest BCUT2D eigenvalue weighted by molar-refractivity contribution is 8.00. The van der Waals surface area contributed by atoms with Gasteiger partial charge in [0.1, 0.15) is 23.0 Å². The summed E-state index contributed by atoms with van der Waals surface area (Å²) in [6.45, 7) is 0. The van der Waals surface area contributed by atoms with Crippen LogP contribution in [0, 0.1) is 0 Å². The fraction of sp³-hybridized carbons (Fsp3) is 0.400. The van der Waals surface area contributed by atoms with Gasteiger partial charge in [0.25, 0.3) is 5.91 Å². The summed E-state index contributed by atoms with van der Waals surface area (Å²) in [7, 11) is 0. The number of amides is 2.